The normalized spacial score (nSPS) is 18.3. The van der Waals surface area contributed by atoms with E-state index in [0.29, 0.717) is 0 Å². The minimum absolute atomic E-state index is 0.140. The molecule has 1 unspecified atom stereocenters. The summed E-state index contributed by atoms with van der Waals surface area (Å²) in [7, 11) is 0. The number of Topliss-reactive ketones (excluding diaryl/α,β-unsaturated/α-hetero) is 1. The third-order valence-electron chi connectivity index (χ3n) is 4.56. The van der Waals surface area contributed by atoms with Gasteiger partial charge in [-0.2, -0.15) is 0 Å². The van der Waals surface area contributed by atoms with Gasteiger partial charge in [-0.15, -0.1) is 0 Å². The third-order valence-corrected chi connectivity index (χ3v) is 4.56. The van der Waals surface area contributed by atoms with Crippen molar-refractivity contribution in [1.29, 1.82) is 0 Å². The van der Waals surface area contributed by atoms with E-state index >= 15 is 0 Å². The highest BCUT2D eigenvalue weighted by molar-refractivity contribution is 6.00. The molecular formula is C20H20O. The lowest BCUT2D eigenvalue weighted by Crippen LogP contribution is -2.07. The maximum absolute atomic E-state index is 12.1. The highest BCUT2D eigenvalue weighted by Crippen LogP contribution is 2.41. The van der Waals surface area contributed by atoms with Crippen molar-refractivity contribution in [3.05, 3.63) is 70.3 Å². The molecule has 0 heterocycles. The first-order valence-corrected chi connectivity index (χ1v) is 7.38. The Balaban J connectivity index is 2.29. The van der Waals surface area contributed by atoms with Crippen LogP contribution in [-0.4, -0.2) is 5.78 Å². The van der Waals surface area contributed by atoms with Crippen LogP contribution in [0.5, 0.6) is 0 Å². The summed E-state index contributed by atoms with van der Waals surface area (Å²) < 4.78 is 0. The SMILES string of the molecule is CC(=O)c1cc2ccccc2cc1C1C(C)=CC(C)=C1C. The number of carbonyl (C=O) groups excluding carboxylic acids is 1. The average Bonchev–Trinajstić information content (AvgIpc) is 2.70. The molecular weight excluding hydrogens is 256 g/mol. The topological polar surface area (TPSA) is 17.1 Å². The number of rotatable bonds is 2. The second-order valence-corrected chi connectivity index (χ2v) is 6.03. The number of allylic oxidation sites excluding steroid dienone is 4. The number of ketones is 1. The van der Waals surface area contributed by atoms with Crippen molar-refractivity contribution in [2.45, 2.75) is 33.6 Å². The molecule has 1 aliphatic rings. The number of hydrogen-bond donors (Lipinski definition) is 0. The highest BCUT2D eigenvalue weighted by atomic mass is 16.1. The van der Waals surface area contributed by atoms with Gasteiger partial charge >= 0.3 is 0 Å². The quantitative estimate of drug-likeness (QED) is 0.669. The van der Waals surface area contributed by atoms with Crippen LogP contribution in [0.1, 0.15) is 49.5 Å². The smallest absolute Gasteiger partial charge is 0.160 e. The molecule has 106 valence electrons. The first kappa shape index (κ1) is 13.8. The molecule has 0 fully saturated rings. The summed E-state index contributed by atoms with van der Waals surface area (Å²) in [5.74, 6) is 0.384. The Morgan fingerprint density at radius 2 is 1.62 bits per heavy atom. The molecule has 0 amide bonds. The molecule has 21 heavy (non-hydrogen) atoms. The maximum Gasteiger partial charge on any atom is 0.160 e. The summed E-state index contributed by atoms with van der Waals surface area (Å²) in [6, 6.07) is 12.5. The maximum atomic E-state index is 12.1. The van der Waals surface area contributed by atoms with Gasteiger partial charge < -0.3 is 0 Å². The van der Waals surface area contributed by atoms with Gasteiger partial charge in [-0.05, 0) is 56.2 Å². The lowest BCUT2D eigenvalue weighted by Gasteiger charge is -2.19. The van der Waals surface area contributed by atoms with E-state index in [9.17, 15) is 4.79 Å². The first-order chi connectivity index (χ1) is 9.99. The minimum atomic E-state index is 0.140. The second-order valence-electron chi connectivity index (χ2n) is 6.03. The minimum Gasteiger partial charge on any atom is -0.295 e. The molecule has 2 aromatic rings. The van der Waals surface area contributed by atoms with E-state index in [2.05, 4.69) is 45.0 Å². The van der Waals surface area contributed by atoms with Crippen LogP contribution in [0.15, 0.2) is 59.2 Å². The Bertz CT molecular complexity index is 806. The Labute approximate surface area is 126 Å². The van der Waals surface area contributed by atoms with Gasteiger partial charge in [-0.1, -0.05) is 47.1 Å². The van der Waals surface area contributed by atoms with E-state index in [-0.39, 0.29) is 11.7 Å². The predicted octanol–water partition coefficient (Wildman–Crippen LogP) is 5.42. The Morgan fingerprint density at radius 1 is 1.00 bits per heavy atom. The van der Waals surface area contributed by atoms with Crippen molar-refractivity contribution >= 4 is 16.6 Å². The fraction of sp³-hybridized carbons (Fsp3) is 0.250. The zero-order chi connectivity index (χ0) is 15.1. The largest absolute Gasteiger partial charge is 0.295 e. The van der Waals surface area contributed by atoms with Crippen LogP contribution in [0.4, 0.5) is 0 Å². The van der Waals surface area contributed by atoms with Gasteiger partial charge in [0.1, 0.15) is 0 Å². The van der Waals surface area contributed by atoms with Crippen molar-refractivity contribution < 1.29 is 4.79 Å². The van der Waals surface area contributed by atoms with Crippen molar-refractivity contribution in [2.24, 2.45) is 0 Å². The standard InChI is InChI=1S/C20H20O/c1-12-9-13(2)20(14(12)3)19-11-17-8-6-5-7-16(17)10-18(19)15(4)21/h5-11,20H,1-4H3. The van der Waals surface area contributed by atoms with Crippen LogP contribution in [0.2, 0.25) is 0 Å². The average molecular weight is 276 g/mol. The van der Waals surface area contributed by atoms with Gasteiger partial charge in [0.25, 0.3) is 0 Å². The van der Waals surface area contributed by atoms with Gasteiger partial charge in [0.05, 0.1) is 0 Å². The summed E-state index contributed by atoms with van der Waals surface area (Å²) >= 11 is 0. The van der Waals surface area contributed by atoms with Crippen molar-refractivity contribution in [3.63, 3.8) is 0 Å². The molecule has 0 spiro atoms. The molecule has 1 nitrogen and oxygen atoms in total. The van der Waals surface area contributed by atoms with Crippen LogP contribution in [0.25, 0.3) is 10.8 Å². The lowest BCUT2D eigenvalue weighted by molar-refractivity contribution is 0.101. The molecule has 1 aliphatic carbocycles. The molecule has 0 bridgehead atoms. The van der Waals surface area contributed by atoms with Gasteiger partial charge in [0, 0.05) is 11.5 Å². The molecule has 2 aromatic carbocycles. The van der Waals surface area contributed by atoms with Crippen LogP contribution >= 0.6 is 0 Å². The number of hydrogen-bond acceptors (Lipinski definition) is 1. The zero-order valence-corrected chi connectivity index (χ0v) is 13.0. The summed E-state index contributed by atoms with van der Waals surface area (Å²) in [4.78, 5) is 12.1. The highest BCUT2D eigenvalue weighted by Gasteiger charge is 2.25. The molecule has 0 radical (unpaired) electrons. The fourth-order valence-electron chi connectivity index (χ4n) is 3.39. The van der Waals surface area contributed by atoms with Gasteiger partial charge in [0.15, 0.2) is 5.78 Å². The summed E-state index contributed by atoms with van der Waals surface area (Å²) in [5, 5.41) is 2.33. The molecule has 0 saturated carbocycles. The van der Waals surface area contributed by atoms with E-state index in [0.717, 1.165) is 16.5 Å². The van der Waals surface area contributed by atoms with E-state index in [1.807, 2.05) is 18.2 Å². The predicted molar refractivity (Wildman–Crippen MR) is 88.8 cm³/mol. The zero-order valence-electron chi connectivity index (χ0n) is 13.0. The second kappa shape index (κ2) is 5.00. The fourth-order valence-corrected chi connectivity index (χ4v) is 3.39. The van der Waals surface area contributed by atoms with Gasteiger partial charge in [-0.3, -0.25) is 4.79 Å². The first-order valence-electron chi connectivity index (χ1n) is 7.38. The van der Waals surface area contributed by atoms with Crippen molar-refractivity contribution in [2.75, 3.05) is 0 Å². The van der Waals surface area contributed by atoms with Crippen LogP contribution < -0.4 is 0 Å². The number of fused-ring (bicyclic) bond motifs is 1. The van der Waals surface area contributed by atoms with Gasteiger partial charge in [0.2, 0.25) is 0 Å². The van der Waals surface area contributed by atoms with Crippen LogP contribution in [0.3, 0.4) is 0 Å². The van der Waals surface area contributed by atoms with E-state index in [1.54, 1.807) is 6.92 Å². The van der Waals surface area contributed by atoms with Crippen molar-refractivity contribution in [1.82, 2.24) is 0 Å². The summed E-state index contributed by atoms with van der Waals surface area (Å²) in [6.45, 7) is 8.14. The number of carbonyl (C=O) groups is 1. The molecule has 0 saturated heterocycles. The Kier molecular flexibility index (Phi) is 3.29. The number of benzene rings is 2. The third kappa shape index (κ3) is 2.23. The summed E-state index contributed by atoms with van der Waals surface area (Å²) in [5.41, 5.74) is 5.98. The van der Waals surface area contributed by atoms with E-state index in [1.165, 1.54) is 22.1 Å². The summed E-state index contributed by atoms with van der Waals surface area (Å²) in [6.07, 6.45) is 2.24. The van der Waals surface area contributed by atoms with E-state index in [4.69, 9.17) is 0 Å². The van der Waals surface area contributed by atoms with Crippen LogP contribution in [0, 0.1) is 0 Å². The van der Waals surface area contributed by atoms with Crippen LogP contribution in [-0.2, 0) is 0 Å². The van der Waals surface area contributed by atoms with E-state index < -0.39 is 0 Å². The van der Waals surface area contributed by atoms with Gasteiger partial charge in [-0.25, -0.2) is 0 Å². The Hall–Kier alpha value is -2.15. The molecule has 1 atom stereocenters. The lowest BCUT2D eigenvalue weighted by atomic mass is 9.84. The monoisotopic (exact) mass is 276 g/mol. The molecule has 0 N–H and O–H groups in total. The molecule has 0 aromatic heterocycles. The molecule has 0 aliphatic heterocycles. The molecule has 1 heteroatoms. The van der Waals surface area contributed by atoms with Crippen molar-refractivity contribution in [3.8, 4) is 0 Å². The molecule has 3 rings (SSSR count). The Morgan fingerprint density at radius 3 is 2.14 bits per heavy atom.